The van der Waals surface area contributed by atoms with Crippen molar-refractivity contribution in [1.82, 2.24) is 5.32 Å². The second-order valence-electron chi connectivity index (χ2n) is 4.65. The molecule has 0 fully saturated rings. The lowest BCUT2D eigenvalue weighted by Crippen LogP contribution is -2.24. The Morgan fingerprint density at radius 1 is 1.29 bits per heavy atom. The van der Waals surface area contributed by atoms with Crippen molar-refractivity contribution in [2.24, 2.45) is 0 Å². The summed E-state index contributed by atoms with van der Waals surface area (Å²) in [5.41, 5.74) is 0.491. The van der Waals surface area contributed by atoms with Crippen molar-refractivity contribution in [2.75, 3.05) is 26.9 Å². The standard InChI is InChI=1S/C15H22F3NO2/c1-3-7-19-14(6-8-21-10-15(17)18)12-5-4-11(20-2)9-13(12)16/h4-5,9,14-15,19H,3,6-8,10H2,1-2H3. The second kappa shape index (κ2) is 9.63. The van der Waals surface area contributed by atoms with Crippen LogP contribution in [0.4, 0.5) is 13.2 Å². The highest BCUT2D eigenvalue weighted by Gasteiger charge is 2.16. The van der Waals surface area contributed by atoms with Gasteiger partial charge in [0.15, 0.2) is 0 Å². The van der Waals surface area contributed by atoms with Crippen LogP contribution in [0.5, 0.6) is 5.75 Å². The van der Waals surface area contributed by atoms with E-state index in [0.717, 1.165) is 6.42 Å². The smallest absolute Gasteiger partial charge is 0.261 e. The topological polar surface area (TPSA) is 30.5 Å². The summed E-state index contributed by atoms with van der Waals surface area (Å²) < 4.78 is 47.9. The molecule has 0 aliphatic rings. The largest absolute Gasteiger partial charge is 0.497 e. The fourth-order valence-electron chi connectivity index (χ4n) is 1.98. The summed E-state index contributed by atoms with van der Waals surface area (Å²) in [6, 6.07) is 4.37. The van der Waals surface area contributed by atoms with E-state index in [1.165, 1.54) is 13.2 Å². The number of rotatable bonds is 10. The van der Waals surface area contributed by atoms with Crippen molar-refractivity contribution in [3.63, 3.8) is 0 Å². The summed E-state index contributed by atoms with van der Waals surface area (Å²) in [5, 5.41) is 3.20. The molecule has 0 amide bonds. The first-order valence-corrected chi connectivity index (χ1v) is 7.01. The Morgan fingerprint density at radius 2 is 2.05 bits per heavy atom. The molecule has 0 saturated carbocycles. The molecule has 1 aromatic carbocycles. The minimum absolute atomic E-state index is 0.150. The van der Waals surface area contributed by atoms with Crippen LogP contribution >= 0.6 is 0 Å². The van der Waals surface area contributed by atoms with Crippen molar-refractivity contribution in [2.45, 2.75) is 32.2 Å². The first-order chi connectivity index (χ1) is 10.1. The lowest BCUT2D eigenvalue weighted by atomic mass is 10.0. The molecule has 0 aliphatic carbocycles. The highest BCUT2D eigenvalue weighted by atomic mass is 19.3. The zero-order chi connectivity index (χ0) is 15.7. The van der Waals surface area contributed by atoms with E-state index < -0.39 is 13.0 Å². The van der Waals surface area contributed by atoms with Crippen molar-refractivity contribution in [3.8, 4) is 5.75 Å². The number of benzene rings is 1. The van der Waals surface area contributed by atoms with Gasteiger partial charge in [0, 0.05) is 24.3 Å². The zero-order valence-electron chi connectivity index (χ0n) is 12.4. The van der Waals surface area contributed by atoms with Gasteiger partial charge in [-0.05, 0) is 25.5 Å². The van der Waals surface area contributed by atoms with E-state index in [2.05, 4.69) is 5.32 Å². The molecule has 0 aromatic heterocycles. The van der Waals surface area contributed by atoms with Crippen molar-refractivity contribution in [3.05, 3.63) is 29.6 Å². The summed E-state index contributed by atoms with van der Waals surface area (Å²) >= 11 is 0. The van der Waals surface area contributed by atoms with Gasteiger partial charge in [0.2, 0.25) is 0 Å². The fraction of sp³-hybridized carbons (Fsp3) is 0.600. The van der Waals surface area contributed by atoms with Gasteiger partial charge < -0.3 is 14.8 Å². The molecule has 120 valence electrons. The maximum atomic E-state index is 14.1. The van der Waals surface area contributed by atoms with Gasteiger partial charge >= 0.3 is 0 Å². The minimum atomic E-state index is -2.48. The Hall–Kier alpha value is -1.27. The lowest BCUT2D eigenvalue weighted by Gasteiger charge is -2.20. The predicted molar refractivity (Wildman–Crippen MR) is 75.4 cm³/mol. The second-order valence-corrected chi connectivity index (χ2v) is 4.65. The maximum Gasteiger partial charge on any atom is 0.261 e. The van der Waals surface area contributed by atoms with Crippen molar-refractivity contribution in [1.29, 1.82) is 0 Å². The van der Waals surface area contributed by atoms with Crippen LogP contribution in [0.1, 0.15) is 31.4 Å². The number of ether oxygens (including phenoxy) is 2. The van der Waals surface area contributed by atoms with E-state index in [4.69, 9.17) is 9.47 Å². The van der Waals surface area contributed by atoms with Gasteiger partial charge in [0.05, 0.1) is 7.11 Å². The molecule has 0 bridgehead atoms. The summed E-state index contributed by atoms with van der Waals surface area (Å²) in [6.45, 7) is 2.27. The number of halogens is 3. The number of alkyl halides is 2. The normalized spacial score (nSPS) is 12.7. The zero-order valence-corrected chi connectivity index (χ0v) is 12.4. The average molecular weight is 305 g/mol. The van der Waals surface area contributed by atoms with Crippen LogP contribution in [0.3, 0.4) is 0 Å². The molecule has 1 unspecified atom stereocenters. The molecule has 21 heavy (non-hydrogen) atoms. The van der Waals surface area contributed by atoms with Crippen LogP contribution in [0.25, 0.3) is 0 Å². The fourth-order valence-corrected chi connectivity index (χ4v) is 1.98. The van der Waals surface area contributed by atoms with Crippen LogP contribution in [0.15, 0.2) is 18.2 Å². The Bertz CT molecular complexity index is 416. The molecule has 0 saturated heterocycles. The number of hydrogen-bond donors (Lipinski definition) is 1. The molecule has 1 N–H and O–H groups in total. The Labute approximate surface area is 123 Å². The van der Waals surface area contributed by atoms with Crippen molar-refractivity contribution < 1.29 is 22.6 Å². The van der Waals surface area contributed by atoms with Gasteiger partial charge in [0.25, 0.3) is 6.43 Å². The van der Waals surface area contributed by atoms with Gasteiger partial charge in [-0.25, -0.2) is 13.2 Å². The third-order valence-corrected chi connectivity index (χ3v) is 3.02. The van der Waals surface area contributed by atoms with Gasteiger partial charge in [-0.2, -0.15) is 0 Å². The molecule has 6 heteroatoms. The molecular formula is C15H22F3NO2. The van der Waals surface area contributed by atoms with Gasteiger partial charge in [0.1, 0.15) is 18.2 Å². The first kappa shape index (κ1) is 17.8. The third kappa shape index (κ3) is 6.35. The molecule has 1 rings (SSSR count). The third-order valence-electron chi connectivity index (χ3n) is 3.02. The molecule has 3 nitrogen and oxygen atoms in total. The summed E-state index contributed by atoms with van der Waals surface area (Å²) in [6.07, 6.45) is -1.16. The summed E-state index contributed by atoms with van der Waals surface area (Å²) in [7, 11) is 1.47. The molecule has 0 aliphatic heterocycles. The number of hydrogen-bond acceptors (Lipinski definition) is 3. The highest BCUT2D eigenvalue weighted by Crippen LogP contribution is 2.24. The van der Waals surface area contributed by atoms with E-state index in [1.807, 2.05) is 6.92 Å². The monoisotopic (exact) mass is 305 g/mol. The van der Waals surface area contributed by atoms with Gasteiger partial charge in [-0.1, -0.05) is 13.0 Å². The molecule has 1 atom stereocenters. The van der Waals surface area contributed by atoms with E-state index in [-0.39, 0.29) is 18.5 Å². The Kier molecular flexibility index (Phi) is 8.15. The molecule has 0 spiro atoms. The van der Waals surface area contributed by atoms with E-state index >= 15 is 0 Å². The molecule has 1 aromatic rings. The van der Waals surface area contributed by atoms with Crippen LogP contribution in [0, 0.1) is 5.82 Å². The van der Waals surface area contributed by atoms with Crippen molar-refractivity contribution >= 4 is 0 Å². The summed E-state index contributed by atoms with van der Waals surface area (Å²) in [4.78, 5) is 0. The number of nitrogens with one attached hydrogen (secondary N) is 1. The predicted octanol–water partition coefficient (Wildman–Crippen LogP) is 3.55. The molecule has 0 heterocycles. The van der Waals surface area contributed by atoms with Gasteiger partial charge in [-0.15, -0.1) is 0 Å². The Morgan fingerprint density at radius 3 is 2.62 bits per heavy atom. The average Bonchev–Trinajstić information content (AvgIpc) is 2.46. The quantitative estimate of drug-likeness (QED) is 0.671. The van der Waals surface area contributed by atoms with Crippen LogP contribution < -0.4 is 10.1 Å². The number of methoxy groups -OCH3 is 1. The van der Waals surface area contributed by atoms with E-state index in [9.17, 15) is 13.2 Å². The minimum Gasteiger partial charge on any atom is -0.497 e. The lowest BCUT2D eigenvalue weighted by molar-refractivity contribution is 0.0143. The first-order valence-electron chi connectivity index (χ1n) is 7.01. The highest BCUT2D eigenvalue weighted by molar-refractivity contribution is 5.30. The van der Waals surface area contributed by atoms with E-state index in [1.54, 1.807) is 12.1 Å². The van der Waals surface area contributed by atoms with Crippen LogP contribution in [-0.2, 0) is 4.74 Å². The SMILES string of the molecule is CCCNC(CCOCC(F)F)c1ccc(OC)cc1F. The van der Waals surface area contributed by atoms with E-state index in [0.29, 0.717) is 24.3 Å². The summed E-state index contributed by atoms with van der Waals surface area (Å²) in [5.74, 6) is 0.0660. The van der Waals surface area contributed by atoms with Crippen LogP contribution in [0.2, 0.25) is 0 Å². The van der Waals surface area contributed by atoms with Gasteiger partial charge in [-0.3, -0.25) is 0 Å². The Balaban J connectivity index is 2.67. The molecular weight excluding hydrogens is 283 g/mol. The maximum absolute atomic E-state index is 14.1. The van der Waals surface area contributed by atoms with Crippen LogP contribution in [-0.4, -0.2) is 33.3 Å². The molecule has 0 radical (unpaired) electrons.